The minimum atomic E-state index is -0.198. The van der Waals surface area contributed by atoms with Gasteiger partial charge in [-0.25, -0.2) is 5.43 Å². The van der Waals surface area contributed by atoms with E-state index in [0.717, 1.165) is 24.1 Å². The van der Waals surface area contributed by atoms with E-state index in [0.29, 0.717) is 11.5 Å². The minimum absolute atomic E-state index is 0.165. The summed E-state index contributed by atoms with van der Waals surface area (Å²) in [6.07, 6.45) is 2.84. The lowest BCUT2D eigenvalue weighted by Crippen LogP contribution is -2.48. The van der Waals surface area contributed by atoms with Crippen LogP contribution in [0.1, 0.15) is 67.1 Å². The van der Waals surface area contributed by atoms with Gasteiger partial charge in [0.1, 0.15) is 0 Å². The van der Waals surface area contributed by atoms with Crippen molar-refractivity contribution in [2.24, 2.45) is 5.10 Å². The molecule has 0 aliphatic carbocycles. The highest BCUT2D eigenvalue weighted by molar-refractivity contribution is 5.95. The van der Waals surface area contributed by atoms with Crippen molar-refractivity contribution < 1.29 is 4.79 Å². The molecule has 142 valence electrons. The molecule has 0 spiro atoms. The van der Waals surface area contributed by atoms with Crippen molar-refractivity contribution in [3.05, 3.63) is 64.7 Å². The van der Waals surface area contributed by atoms with Crippen molar-refractivity contribution >= 4 is 17.8 Å². The Morgan fingerprint density at radius 1 is 1.26 bits per heavy atom. The second-order valence-corrected chi connectivity index (χ2v) is 8.05. The van der Waals surface area contributed by atoms with Crippen LogP contribution in [0.15, 0.2) is 47.6 Å². The van der Waals surface area contributed by atoms with Gasteiger partial charge in [0.25, 0.3) is 5.91 Å². The molecule has 2 aromatic carbocycles. The molecule has 3 rings (SSSR count). The number of benzene rings is 2. The Hall–Kier alpha value is -2.62. The first-order valence-electron chi connectivity index (χ1n) is 9.63. The molecule has 0 bridgehead atoms. The third kappa shape index (κ3) is 4.05. The van der Waals surface area contributed by atoms with Crippen LogP contribution in [0.5, 0.6) is 0 Å². The summed E-state index contributed by atoms with van der Waals surface area (Å²) in [4.78, 5) is 14.6. The Morgan fingerprint density at radius 3 is 2.63 bits per heavy atom. The Bertz CT molecular complexity index is 852. The lowest BCUT2D eigenvalue weighted by Gasteiger charge is -2.47. The fourth-order valence-electron chi connectivity index (χ4n) is 4.12. The van der Waals surface area contributed by atoms with E-state index >= 15 is 0 Å². The van der Waals surface area contributed by atoms with Gasteiger partial charge in [-0.3, -0.25) is 4.79 Å². The number of hydrogen-bond donors (Lipinski definition) is 1. The first-order chi connectivity index (χ1) is 12.8. The molecule has 0 fully saturated rings. The molecule has 1 aliphatic heterocycles. The van der Waals surface area contributed by atoms with Crippen molar-refractivity contribution in [3.63, 3.8) is 0 Å². The van der Waals surface area contributed by atoms with Crippen LogP contribution in [-0.4, -0.2) is 24.2 Å². The Balaban J connectivity index is 1.75. The Labute approximate surface area is 162 Å². The summed E-state index contributed by atoms with van der Waals surface area (Å²) in [5.41, 5.74) is 8.17. The normalized spacial score (nSPS) is 18.4. The van der Waals surface area contributed by atoms with Crippen LogP contribution >= 0.6 is 0 Å². The zero-order chi connectivity index (χ0) is 19.6. The van der Waals surface area contributed by atoms with E-state index in [-0.39, 0.29) is 11.4 Å². The van der Waals surface area contributed by atoms with Crippen LogP contribution < -0.4 is 10.3 Å². The van der Waals surface area contributed by atoms with Crippen LogP contribution in [0, 0.1) is 6.92 Å². The van der Waals surface area contributed by atoms with Gasteiger partial charge in [0.2, 0.25) is 0 Å². The quantitative estimate of drug-likeness (QED) is 0.622. The molecule has 2 aromatic rings. The van der Waals surface area contributed by atoms with Gasteiger partial charge < -0.3 is 4.90 Å². The van der Waals surface area contributed by atoms with E-state index in [4.69, 9.17) is 0 Å². The third-order valence-corrected chi connectivity index (χ3v) is 5.42. The number of anilines is 1. The number of hydrogen-bond acceptors (Lipinski definition) is 3. The average Bonchev–Trinajstić information content (AvgIpc) is 2.62. The summed E-state index contributed by atoms with van der Waals surface area (Å²) in [5.74, 6) is 0.296. The molecular weight excluding hydrogens is 334 g/mol. The number of carbonyl (C=O) groups is 1. The van der Waals surface area contributed by atoms with Crippen molar-refractivity contribution in [3.8, 4) is 0 Å². The van der Waals surface area contributed by atoms with Crippen LogP contribution in [0.2, 0.25) is 0 Å². The van der Waals surface area contributed by atoms with E-state index in [1.807, 2.05) is 31.2 Å². The average molecular weight is 364 g/mol. The second kappa shape index (κ2) is 7.55. The predicted octanol–water partition coefficient (Wildman–Crippen LogP) is 4.87. The van der Waals surface area contributed by atoms with Gasteiger partial charge in [-0.2, -0.15) is 5.10 Å². The molecule has 1 atom stereocenters. The van der Waals surface area contributed by atoms with Crippen molar-refractivity contribution in [1.82, 2.24) is 5.43 Å². The fourth-order valence-corrected chi connectivity index (χ4v) is 4.12. The molecule has 1 aliphatic rings. The first kappa shape index (κ1) is 19.2. The number of nitrogens with one attached hydrogen (secondary N) is 1. The number of fused-ring (bicyclic) bond motifs is 1. The molecular formula is C23H29N3O. The molecule has 27 heavy (non-hydrogen) atoms. The van der Waals surface area contributed by atoms with E-state index in [2.05, 4.69) is 61.3 Å². The largest absolute Gasteiger partial charge is 0.366 e. The first-order valence-corrected chi connectivity index (χ1v) is 9.63. The maximum absolute atomic E-state index is 12.2. The highest BCUT2D eigenvalue weighted by atomic mass is 16.2. The smallest absolute Gasteiger partial charge is 0.271 e. The second-order valence-electron chi connectivity index (χ2n) is 8.05. The number of aryl methyl sites for hydroxylation is 1. The van der Waals surface area contributed by atoms with Crippen molar-refractivity contribution in [2.75, 3.05) is 11.4 Å². The SMILES string of the molecule is CCN1c2ccc(/C=N\NC(=O)c3ccc(C)cc3)cc2C(C)CC1(C)C. The summed E-state index contributed by atoms with van der Waals surface area (Å²) in [6.45, 7) is 12.1. The van der Waals surface area contributed by atoms with E-state index < -0.39 is 0 Å². The number of amides is 1. The molecule has 0 saturated carbocycles. The summed E-state index contributed by atoms with van der Waals surface area (Å²) < 4.78 is 0. The maximum Gasteiger partial charge on any atom is 0.271 e. The summed E-state index contributed by atoms with van der Waals surface area (Å²) >= 11 is 0. The monoisotopic (exact) mass is 363 g/mol. The lowest BCUT2D eigenvalue weighted by molar-refractivity contribution is 0.0955. The van der Waals surface area contributed by atoms with E-state index in [9.17, 15) is 4.79 Å². The minimum Gasteiger partial charge on any atom is -0.366 e. The zero-order valence-electron chi connectivity index (χ0n) is 16.9. The van der Waals surface area contributed by atoms with E-state index in [1.54, 1.807) is 6.21 Å². The summed E-state index contributed by atoms with van der Waals surface area (Å²) in [5, 5.41) is 4.14. The van der Waals surface area contributed by atoms with Gasteiger partial charge in [-0.15, -0.1) is 0 Å². The molecule has 4 nitrogen and oxygen atoms in total. The number of rotatable bonds is 4. The van der Waals surface area contributed by atoms with Crippen molar-refractivity contribution in [1.29, 1.82) is 0 Å². The highest BCUT2D eigenvalue weighted by Gasteiger charge is 2.35. The van der Waals surface area contributed by atoms with Gasteiger partial charge >= 0.3 is 0 Å². The molecule has 1 unspecified atom stereocenters. The highest BCUT2D eigenvalue weighted by Crippen LogP contribution is 2.43. The Kier molecular flexibility index (Phi) is 5.36. The lowest BCUT2D eigenvalue weighted by atomic mass is 9.79. The fraction of sp³-hybridized carbons (Fsp3) is 0.391. The number of hydrazone groups is 1. The number of carbonyl (C=O) groups excluding carboxylic acids is 1. The standard InChI is InChI=1S/C23H29N3O/c1-6-26-21-12-9-18(13-20(21)17(3)14-23(26,4)5)15-24-25-22(27)19-10-7-16(2)8-11-19/h7-13,15,17H,6,14H2,1-5H3,(H,25,27)/b24-15-. The van der Waals surface area contributed by atoms with Gasteiger partial charge in [0.15, 0.2) is 0 Å². The predicted molar refractivity (Wildman–Crippen MR) is 113 cm³/mol. The molecule has 0 saturated heterocycles. The molecule has 1 N–H and O–H groups in total. The van der Waals surface area contributed by atoms with Gasteiger partial charge in [0, 0.05) is 23.3 Å². The van der Waals surface area contributed by atoms with Crippen LogP contribution in [-0.2, 0) is 0 Å². The maximum atomic E-state index is 12.2. The summed E-state index contributed by atoms with van der Waals surface area (Å²) in [6, 6.07) is 13.9. The van der Waals surface area contributed by atoms with Crippen molar-refractivity contribution in [2.45, 2.75) is 52.5 Å². The zero-order valence-corrected chi connectivity index (χ0v) is 16.9. The summed E-state index contributed by atoms with van der Waals surface area (Å²) in [7, 11) is 0. The van der Waals surface area contributed by atoms with Crippen LogP contribution in [0.25, 0.3) is 0 Å². The van der Waals surface area contributed by atoms with Gasteiger partial charge in [-0.05, 0) is 75.4 Å². The van der Waals surface area contributed by atoms with Gasteiger partial charge in [0.05, 0.1) is 6.21 Å². The molecule has 0 radical (unpaired) electrons. The number of nitrogens with zero attached hydrogens (tertiary/aromatic N) is 2. The molecule has 4 heteroatoms. The van der Waals surface area contributed by atoms with E-state index in [1.165, 1.54) is 11.3 Å². The van der Waals surface area contributed by atoms with Crippen LogP contribution in [0.4, 0.5) is 5.69 Å². The molecule has 1 heterocycles. The molecule has 1 amide bonds. The van der Waals surface area contributed by atoms with Crippen LogP contribution in [0.3, 0.4) is 0 Å². The Morgan fingerprint density at radius 2 is 1.96 bits per heavy atom. The third-order valence-electron chi connectivity index (χ3n) is 5.42. The molecule has 0 aromatic heterocycles. The van der Waals surface area contributed by atoms with Gasteiger partial charge in [-0.1, -0.05) is 30.7 Å². The topological polar surface area (TPSA) is 44.7 Å².